The molecule has 16 heavy (non-hydrogen) atoms. The first-order chi connectivity index (χ1) is 7.50. The van der Waals surface area contributed by atoms with Crippen LogP contribution in [0.2, 0.25) is 0 Å². The second-order valence-electron chi connectivity index (χ2n) is 3.29. The van der Waals surface area contributed by atoms with E-state index in [-0.39, 0.29) is 6.10 Å². The summed E-state index contributed by atoms with van der Waals surface area (Å²) in [5, 5.41) is 10.6. The molecule has 1 aromatic carbocycles. The number of nitrogens with zero attached hydrogens (tertiary/aromatic N) is 1. The number of epoxide rings is 1. The summed E-state index contributed by atoms with van der Waals surface area (Å²) in [6.45, 7) is 1.65. The lowest BCUT2D eigenvalue weighted by Crippen LogP contribution is -2.06. The van der Waals surface area contributed by atoms with Crippen LogP contribution in [-0.4, -0.2) is 17.3 Å². The molecule has 1 heterocycles. The van der Waals surface area contributed by atoms with Crippen molar-refractivity contribution >= 4 is 5.69 Å². The molecule has 1 saturated heterocycles. The van der Waals surface area contributed by atoms with Gasteiger partial charge in [-0.15, -0.1) is 0 Å². The fraction of sp³-hybridized carbons (Fsp3) is 0.333. The number of nitro benzene ring substituents is 1. The quantitative estimate of drug-likeness (QED) is 0.453. The lowest BCUT2D eigenvalue weighted by molar-refractivity contribution is -0.386. The molecule has 0 aliphatic carbocycles. The highest BCUT2D eigenvalue weighted by atomic mass is 19.2. The summed E-state index contributed by atoms with van der Waals surface area (Å²) >= 11 is 0. The Kier molecular flexibility index (Phi) is 2.47. The number of halogens is 2. The van der Waals surface area contributed by atoms with Crippen molar-refractivity contribution in [1.82, 2.24) is 0 Å². The highest BCUT2D eigenvalue weighted by molar-refractivity contribution is 5.47. The Labute approximate surface area is 88.7 Å². The normalized spacial score (nSPS) is 22.9. The molecule has 2 atom stereocenters. The molecule has 0 radical (unpaired) electrons. The average molecular weight is 231 g/mol. The fourth-order valence-corrected chi connectivity index (χ4v) is 1.18. The van der Waals surface area contributed by atoms with Crippen LogP contribution in [0.1, 0.15) is 6.92 Å². The molecule has 0 unspecified atom stereocenters. The van der Waals surface area contributed by atoms with E-state index < -0.39 is 34.3 Å². The Morgan fingerprint density at radius 3 is 2.62 bits per heavy atom. The Morgan fingerprint density at radius 1 is 1.50 bits per heavy atom. The van der Waals surface area contributed by atoms with Gasteiger partial charge in [-0.2, -0.15) is 4.39 Å². The number of nitro groups is 1. The minimum Gasteiger partial charge on any atom is -0.452 e. The van der Waals surface area contributed by atoms with Gasteiger partial charge in [-0.3, -0.25) is 10.1 Å². The number of hydrogen-bond donors (Lipinski definition) is 0. The molecule has 0 amide bonds. The Morgan fingerprint density at radius 2 is 2.12 bits per heavy atom. The Hall–Kier alpha value is -1.76. The second kappa shape index (κ2) is 3.67. The molecule has 1 aromatic rings. The predicted molar refractivity (Wildman–Crippen MR) is 48.0 cm³/mol. The third kappa shape index (κ3) is 1.81. The van der Waals surface area contributed by atoms with Crippen molar-refractivity contribution < 1.29 is 23.2 Å². The monoisotopic (exact) mass is 231 g/mol. The van der Waals surface area contributed by atoms with Crippen LogP contribution in [0, 0.1) is 21.7 Å². The van der Waals surface area contributed by atoms with E-state index in [4.69, 9.17) is 9.47 Å². The summed E-state index contributed by atoms with van der Waals surface area (Å²) in [4.78, 5) is 9.72. The van der Waals surface area contributed by atoms with E-state index in [9.17, 15) is 18.9 Å². The zero-order chi connectivity index (χ0) is 11.9. The van der Waals surface area contributed by atoms with E-state index in [1.807, 2.05) is 0 Å². The van der Waals surface area contributed by atoms with Gasteiger partial charge in [0, 0.05) is 6.07 Å². The maximum Gasteiger partial charge on any atom is 0.314 e. The van der Waals surface area contributed by atoms with Crippen LogP contribution in [-0.2, 0) is 4.74 Å². The van der Waals surface area contributed by atoms with Crippen molar-refractivity contribution in [3.8, 4) is 5.75 Å². The van der Waals surface area contributed by atoms with Gasteiger partial charge in [0.1, 0.15) is 6.10 Å². The highest BCUT2D eigenvalue weighted by Gasteiger charge is 2.39. The van der Waals surface area contributed by atoms with Crippen molar-refractivity contribution in [2.24, 2.45) is 0 Å². The van der Waals surface area contributed by atoms with Crippen LogP contribution in [0.15, 0.2) is 12.1 Å². The number of rotatable bonds is 3. The van der Waals surface area contributed by atoms with Gasteiger partial charge in [0.15, 0.2) is 5.82 Å². The van der Waals surface area contributed by atoms with Crippen molar-refractivity contribution in [2.45, 2.75) is 19.3 Å². The average Bonchev–Trinajstić information content (AvgIpc) is 2.89. The molecule has 0 aromatic heterocycles. The molecule has 7 heteroatoms. The minimum absolute atomic E-state index is 0.276. The van der Waals surface area contributed by atoms with Crippen molar-refractivity contribution in [1.29, 1.82) is 0 Å². The maximum atomic E-state index is 13.3. The van der Waals surface area contributed by atoms with Gasteiger partial charge in [0.2, 0.25) is 17.9 Å². The van der Waals surface area contributed by atoms with E-state index in [2.05, 4.69) is 0 Å². The molecule has 1 aliphatic heterocycles. The summed E-state index contributed by atoms with van der Waals surface area (Å²) in [7, 11) is 0. The Bertz CT molecular complexity index is 451. The summed E-state index contributed by atoms with van der Waals surface area (Å²) in [6, 6.07) is 1.53. The molecule has 5 nitrogen and oxygen atoms in total. The van der Waals surface area contributed by atoms with Gasteiger partial charge in [0.25, 0.3) is 0 Å². The predicted octanol–water partition coefficient (Wildman–Crippen LogP) is 2.00. The van der Waals surface area contributed by atoms with Crippen molar-refractivity contribution in [2.75, 3.05) is 0 Å². The van der Waals surface area contributed by atoms with E-state index in [1.165, 1.54) is 0 Å². The van der Waals surface area contributed by atoms with Crippen LogP contribution in [0.5, 0.6) is 5.75 Å². The smallest absolute Gasteiger partial charge is 0.314 e. The standard InChI is InChI=1S/C9H7F2NO4/c1-4-9(15-4)16-8-6(12(13)14)3-2-5(10)7(8)11/h2-4,9H,1H3/t4-,9-/m1/s1. The van der Waals surface area contributed by atoms with Gasteiger partial charge in [-0.1, -0.05) is 0 Å². The third-order valence-corrected chi connectivity index (χ3v) is 2.12. The van der Waals surface area contributed by atoms with Gasteiger partial charge >= 0.3 is 5.69 Å². The molecule has 0 saturated carbocycles. The zero-order valence-corrected chi connectivity index (χ0v) is 8.15. The summed E-state index contributed by atoms with van der Waals surface area (Å²) in [5.74, 6) is -3.30. The van der Waals surface area contributed by atoms with E-state index in [1.54, 1.807) is 6.92 Å². The zero-order valence-electron chi connectivity index (χ0n) is 8.15. The topological polar surface area (TPSA) is 64.9 Å². The number of ether oxygens (including phenoxy) is 2. The summed E-state index contributed by atoms with van der Waals surface area (Å²) in [6.07, 6.45) is -1.03. The molecule has 0 spiro atoms. The third-order valence-electron chi connectivity index (χ3n) is 2.12. The minimum atomic E-state index is -1.38. The summed E-state index contributed by atoms with van der Waals surface area (Å²) in [5.41, 5.74) is -0.624. The fourth-order valence-electron chi connectivity index (χ4n) is 1.18. The van der Waals surface area contributed by atoms with E-state index in [0.29, 0.717) is 6.07 Å². The van der Waals surface area contributed by atoms with E-state index in [0.717, 1.165) is 6.07 Å². The first kappa shape index (κ1) is 10.7. The number of hydrogen-bond acceptors (Lipinski definition) is 4. The van der Waals surface area contributed by atoms with Crippen molar-refractivity contribution in [3.63, 3.8) is 0 Å². The second-order valence-corrected chi connectivity index (χ2v) is 3.29. The maximum absolute atomic E-state index is 13.3. The molecule has 1 fully saturated rings. The Balaban J connectivity index is 2.38. The number of benzene rings is 1. The molecular weight excluding hydrogens is 224 g/mol. The first-order valence-electron chi connectivity index (χ1n) is 4.45. The SMILES string of the molecule is C[C@H]1O[C@@H]1Oc1c([N+](=O)[O-])ccc(F)c1F. The molecular formula is C9H7F2NO4. The molecule has 1 aliphatic rings. The van der Waals surface area contributed by atoms with Crippen LogP contribution in [0.25, 0.3) is 0 Å². The largest absolute Gasteiger partial charge is 0.452 e. The van der Waals surface area contributed by atoms with Crippen LogP contribution in [0.4, 0.5) is 14.5 Å². The van der Waals surface area contributed by atoms with Crippen LogP contribution < -0.4 is 4.74 Å². The lowest BCUT2D eigenvalue weighted by atomic mass is 10.2. The van der Waals surface area contributed by atoms with Crippen molar-refractivity contribution in [3.05, 3.63) is 33.9 Å². The van der Waals surface area contributed by atoms with Gasteiger partial charge in [0.05, 0.1) is 4.92 Å². The highest BCUT2D eigenvalue weighted by Crippen LogP contribution is 2.35. The van der Waals surface area contributed by atoms with Gasteiger partial charge in [-0.05, 0) is 13.0 Å². The molecule has 2 rings (SSSR count). The van der Waals surface area contributed by atoms with Gasteiger partial charge in [-0.25, -0.2) is 4.39 Å². The van der Waals surface area contributed by atoms with E-state index >= 15 is 0 Å². The van der Waals surface area contributed by atoms with Gasteiger partial charge < -0.3 is 9.47 Å². The first-order valence-corrected chi connectivity index (χ1v) is 4.45. The molecule has 86 valence electrons. The lowest BCUT2D eigenvalue weighted by Gasteiger charge is -2.05. The molecule has 0 bridgehead atoms. The molecule has 0 N–H and O–H groups in total. The van der Waals surface area contributed by atoms with Crippen LogP contribution >= 0.6 is 0 Å². The van der Waals surface area contributed by atoms with Crippen LogP contribution in [0.3, 0.4) is 0 Å². The summed E-state index contributed by atoms with van der Waals surface area (Å²) < 4.78 is 35.8.